The van der Waals surface area contributed by atoms with E-state index in [1.807, 2.05) is 24.3 Å². The molecule has 110 valence electrons. The van der Waals surface area contributed by atoms with E-state index in [0.29, 0.717) is 12.5 Å². The highest BCUT2D eigenvalue weighted by atomic mass is 16.5. The van der Waals surface area contributed by atoms with E-state index in [4.69, 9.17) is 9.84 Å². The highest BCUT2D eigenvalue weighted by molar-refractivity contribution is 5.87. The molecule has 0 aliphatic rings. The molecule has 3 heteroatoms. The number of rotatable bonds is 6. The van der Waals surface area contributed by atoms with Gasteiger partial charge in [-0.15, -0.1) is 0 Å². The van der Waals surface area contributed by atoms with Crippen LogP contribution in [-0.4, -0.2) is 11.1 Å². The average Bonchev–Trinajstić information content (AvgIpc) is 2.46. The fraction of sp³-hybridized carbons (Fsp3) is 0.278. The van der Waals surface area contributed by atoms with Crippen molar-refractivity contribution in [3.8, 4) is 5.75 Å². The Kier molecular flexibility index (Phi) is 4.99. The summed E-state index contributed by atoms with van der Waals surface area (Å²) in [5.41, 5.74) is 2.32. The van der Waals surface area contributed by atoms with Gasteiger partial charge in [-0.1, -0.05) is 44.2 Å². The van der Waals surface area contributed by atoms with Crippen molar-refractivity contribution in [1.29, 1.82) is 0 Å². The van der Waals surface area contributed by atoms with Gasteiger partial charge in [0.25, 0.3) is 0 Å². The quantitative estimate of drug-likeness (QED) is 0.866. The average molecular weight is 284 g/mol. The van der Waals surface area contributed by atoms with E-state index in [0.717, 1.165) is 17.7 Å². The van der Waals surface area contributed by atoms with E-state index in [9.17, 15) is 4.79 Å². The maximum absolute atomic E-state index is 11.0. The first-order chi connectivity index (χ1) is 10.1. The van der Waals surface area contributed by atoms with Crippen LogP contribution in [0.1, 0.15) is 35.3 Å². The van der Waals surface area contributed by atoms with E-state index in [2.05, 4.69) is 19.9 Å². The molecule has 0 radical (unpaired) electrons. The minimum absolute atomic E-state index is 0.284. The molecular weight excluding hydrogens is 264 g/mol. The molecule has 0 fully saturated rings. The van der Waals surface area contributed by atoms with Gasteiger partial charge in [-0.3, -0.25) is 0 Å². The van der Waals surface area contributed by atoms with Gasteiger partial charge in [-0.2, -0.15) is 0 Å². The molecule has 21 heavy (non-hydrogen) atoms. The molecule has 3 nitrogen and oxygen atoms in total. The summed E-state index contributed by atoms with van der Waals surface area (Å²) in [5, 5.41) is 9.00. The maximum atomic E-state index is 11.0. The second-order valence-electron chi connectivity index (χ2n) is 5.50. The Hall–Kier alpha value is -2.29. The molecule has 0 aliphatic heterocycles. The Labute approximate surface area is 125 Å². The highest BCUT2D eigenvalue weighted by Crippen LogP contribution is 2.22. The monoisotopic (exact) mass is 284 g/mol. The van der Waals surface area contributed by atoms with Crippen LogP contribution < -0.4 is 4.74 Å². The molecule has 0 heterocycles. The SMILES string of the molecule is CC(C)Cc1ccccc1OCc1cccc(C(=O)O)c1. The standard InChI is InChI=1S/C18H20O3/c1-13(2)10-15-7-3-4-9-17(15)21-12-14-6-5-8-16(11-14)18(19)20/h3-9,11,13H,10,12H2,1-2H3,(H,19,20). The summed E-state index contributed by atoms with van der Waals surface area (Å²) in [7, 11) is 0. The molecule has 0 saturated carbocycles. The topological polar surface area (TPSA) is 46.5 Å². The van der Waals surface area contributed by atoms with E-state index < -0.39 is 5.97 Å². The Morgan fingerprint density at radius 3 is 2.62 bits per heavy atom. The molecular formula is C18H20O3. The van der Waals surface area contributed by atoms with Crippen molar-refractivity contribution in [2.45, 2.75) is 26.9 Å². The number of aromatic carboxylic acids is 1. The third-order valence-electron chi connectivity index (χ3n) is 3.17. The number of carbonyl (C=O) groups is 1. The number of ether oxygens (including phenoxy) is 1. The summed E-state index contributed by atoms with van der Waals surface area (Å²) >= 11 is 0. The first-order valence-corrected chi connectivity index (χ1v) is 7.09. The zero-order chi connectivity index (χ0) is 15.2. The second kappa shape index (κ2) is 6.93. The van der Waals surface area contributed by atoms with Crippen LogP contribution >= 0.6 is 0 Å². The van der Waals surface area contributed by atoms with E-state index in [1.54, 1.807) is 18.2 Å². The molecule has 2 aromatic rings. The minimum Gasteiger partial charge on any atom is -0.489 e. The predicted octanol–water partition coefficient (Wildman–Crippen LogP) is 4.16. The maximum Gasteiger partial charge on any atom is 0.335 e. The minimum atomic E-state index is -0.919. The number of para-hydroxylation sites is 1. The van der Waals surface area contributed by atoms with Crippen LogP contribution in [0, 0.1) is 5.92 Å². The molecule has 0 bridgehead atoms. The van der Waals surface area contributed by atoms with Crippen molar-refractivity contribution in [3.63, 3.8) is 0 Å². The van der Waals surface area contributed by atoms with Crippen LogP contribution in [-0.2, 0) is 13.0 Å². The normalized spacial score (nSPS) is 10.6. The van der Waals surface area contributed by atoms with Gasteiger partial charge in [0.15, 0.2) is 0 Å². The zero-order valence-corrected chi connectivity index (χ0v) is 12.4. The van der Waals surface area contributed by atoms with Crippen molar-refractivity contribution in [1.82, 2.24) is 0 Å². The fourth-order valence-corrected chi connectivity index (χ4v) is 2.21. The summed E-state index contributed by atoms with van der Waals surface area (Å²) in [5.74, 6) is 0.508. The van der Waals surface area contributed by atoms with Crippen molar-refractivity contribution in [2.75, 3.05) is 0 Å². The summed E-state index contributed by atoms with van der Waals surface area (Å²) < 4.78 is 5.87. The largest absolute Gasteiger partial charge is 0.489 e. The van der Waals surface area contributed by atoms with Crippen molar-refractivity contribution < 1.29 is 14.6 Å². The van der Waals surface area contributed by atoms with Crippen LogP contribution in [0.3, 0.4) is 0 Å². The van der Waals surface area contributed by atoms with Gasteiger partial charge in [0.1, 0.15) is 12.4 Å². The molecule has 2 rings (SSSR count). The second-order valence-corrected chi connectivity index (χ2v) is 5.50. The zero-order valence-electron chi connectivity index (χ0n) is 12.4. The van der Waals surface area contributed by atoms with Gasteiger partial charge < -0.3 is 9.84 Å². The van der Waals surface area contributed by atoms with Gasteiger partial charge in [-0.25, -0.2) is 4.79 Å². The number of hydrogen-bond donors (Lipinski definition) is 1. The molecule has 0 spiro atoms. The number of carboxylic acids is 1. The van der Waals surface area contributed by atoms with E-state index in [-0.39, 0.29) is 5.56 Å². The Morgan fingerprint density at radius 2 is 1.90 bits per heavy atom. The molecule has 0 unspecified atom stereocenters. The first kappa shape index (κ1) is 15.1. The summed E-state index contributed by atoms with van der Waals surface area (Å²) in [4.78, 5) is 11.0. The third-order valence-corrected chi connectivity index (χ3v) is 3.17. The number of hydrogen-bond acceptors (Lipinski definition) is 2. The molecule has 2 aromatic carbocycles. The first-order valence-electron chi connectivity index (χ1n) is 7.09. The van der Waals surface area contributed by atoms with Crippen molar-refractivity contribution >= 4 is 5.97 Å². The van der Waals surface area contributed by atoms with E-state index in [1.165, 1.54) is 5.56 Å². The highest BCUT2D eigenvalue weighted by Gasteiger charge is 2.07. The van der Waals surface area contributed by atoms with Crippen LogP contribution in [0.15, 0.2) is 48.5 Å². The van der Waals surface area contributed by atoms with Crippen LogP contribution in [0.25, 0.3) is 0 Å². The Morgan fingerprint density at radius 1 is 1.14 bits per heavy atom. The van der Waals surface area contributed by atoms with Crippen LogP contribution in [0.5, 0.6) is 5.75 Å². The molecule has 1 N–H and O–H groups in total. The number of carboxylic acid groups (broad SMARTS) is 1. The lowest BCUT2D eigenvalue weighted by Crippen LogP contribution is -2.03. The van der Waals surface area contributed by atoms with Gasteiger partial charge >= 0.3 is 5.97 Å². The Bertz CT molecular complexity index is 617. The van der Waals surface area contributed by atoms with Gasteiger partial charge in [-0.05, 0) is 41.7 Å². The lowest BCUT2D eigenvalue weighted by molar-refractivity contribution is 0.0696. The lowest BCUT2D eigenvalue weighted by atomic mass is 10.0. The Balaban J connectivity index is 2.09. The molecule has 0 aromatic heterocycles. The fourth-order valence-electron chi connectivity index (χ4n) is 2.21. The summed E-state index contributed by atoms with van der Waals surface area (Å²) in [6.45, 7) is 4.72. The lowest BCUT2D eigenvalue weighted by Gasteiger charge is -2.13. The van der Waals surface area contributed by atoms with Gasteiger partial charge in [0, 0.05) is 0 Å². The van der Waals surface area contributed by atoms with E-state index >= 15 is 0 Å². The third kappa shape index (κ3) is 4.35. The van der Waals surface area contributed by atoms with Crippen molar-refractivity contribution in [3.05, 3.63) is 65.2 Å². The molecule has 0 atom stereocenters. The van der Waals surface area contributed by atoms with Gasteiger partial charge in [0.2, 0.25) is 0 Å². The smallest absolute Gasteiger partial charge is 0.335 e. The number of benzene rings is 2. The summed E-state index contributed by atoms with van der Waals surface area (Å²) in [6, 6.07) is 14.8. The molecule has 0 aliphatic carbocycles. The van der Waals surface area contributed by atoms with Crippen LogP contribution in [0.4, 0.5) is 0 Å². The molecule has 0 saturated heterocycles. The van der Waals surface area contributed by atoms with Crippen molar-refractivity contribution in [2.24, 2.45) is 5.92 Å². The van der Waals surface area contributed by atoms with Gasteiger partial charge in [0.05, 0.1) is 5.56 Å². The van der Waals surface area contributed by atoms with Crippen LogP contribution in [0.2, 0.25) is 0 Å². The summed E-state index contributed by atoms with van der Waals surface area (Å²) in [6.07, 6.45) is 0.964. The molecule has 0 amide bonds. The predicted molar refractivity (Wildman–Crippen MR) is 82.7 cm³/mol.